The lowest BCUT2D eigenvalue weighted by molar-refractivity contribution is -0.129. The van der Waals surface area contributed by atoms with Crippen molar-refractivity contribution in [2.75, 3.05) is 44.6 Å². The molecular weight excluding hydrogens is 847 g/mol. The fourth-order valence-corrected chi connectivity index (χ4v) is 6.45. The average Bonchev–Trinajstić information content (AvgIpc) is 3.28. The lowest BCUT2D eigenvalue weighted by atomic mass is 9.90. The number of phenolic OH excluding ortho intramolecular Hbond substituents is 1. The largest absolute Gasteiger partial charge is 0.508 e. The summed E-state index contributed by atoms with van der Waals surface area (Å²) in [6.45, 7) is 9.11. The number of carbonyl (C=O) groups excluding carboxylic acids is 6. The number of aromatic hydroxyl groups is 1. The summed E-state index contributed by atoms with van der Waals surface area (Å²) in [5.74, 6) is -2.08. The summed E-state index contributed by atoms with van der Waals surface area (Å²) < 4.78 is 5.34. The van der Waals surface area contributed by atoms with E-state index in [9.17, 15) is 33.9 Å². The quantitative estimate of drug-likeness (QED) is 0.0316. The zero-order valence-electron chi connectivity index (χ0n) is 38.5. The topological polar surface area (TPSA) is 293 Å². The molecular formula is C47H69N11O8. The van der Waals surface area contributed by atoms with Gasteiger partial charge in [0.05, 0.1) is 5.92 Å². The number of unbranched alkanes of at least 4 members (excludes halogenated alkanes) is 1. The Balaban J connectivity index is 1.65. The maximum absolute atomic E-state index is 14.3. The number of guanidine groups is 1. The molecule has 0 heterocycles. The minimum atomic E-state index is -0.970. The van der Waals surface area contributed by atoms with Gasteiger partial charge in [0.2, 0.25) is 23.6 Å². The molecule has 3 rings (SSSR count). The van der Waals surface area contributed by atoms with E-state index in [0.717, 1.165) is 17.7 Å². The second-order valence-corrected chi connectivity index (χ2v) is 16.5. The molecule has 19 heteroatoms. The Morgan fingerprint density at radius 2 is 1.33 bits per heavy atom. The Labute approximate surface area is 387 Å². The Kier molecular flexibility index (Phi) is 23.3. The zero-order valence-corrected chi connectivity index (χ0v) is 38.5. The van der Waals surface area contributed by atoms with Crippen molar-refractivity contribution in [3.05, 3.63) is 95.6 Å². The van der Waals surface area contributed by atoms with E-state index in [4.69, 9.17) is 16.2 Å². The number of phenols is 1. The third-order valence-electron chi connectivity index (χ3n) is 9.84. The molecule has 0 fully saturated rings. The van der Waals surface area contributed by atoms with Crippen LogP contribution >= 0.6 is 0 Å². The highest BCUT2D eigenvalue weighted by molar-refractivity contribution is 5.95. The molecule has 13 N–H and O–H groups in total. The van der Waals surface area contributed by atoms with E-state index < -0.39 is 47.5 Å². The monoisotopic (exact) mass is 916 g/mol. The number of carbonyl (C=O) groups is 6. The van der Waals surface area contributed by atoms with Gasteiger partial charge in [0.1, 0.15) is 23.4 Å². The Morgan fingerprint density at radius 1 is 0.697 bits per heavy atom. The number of urea groups is 1. The SMILES string of the molecule is CCC(=O)NCCNC(=O)NC(N)=NCCC[C@@H](NC(=O)C(c1ccccc1)c1ccc(NCCCNC(=O)[C@@H](CCCCN)NC(=O)OC(C)(C)C)cc1)C(=O)NCc1ccc(O)cc1. The van der Waals surface area contributed by atoms with Crippen LogP contribution in [0.2, 0.25) is 0 Å². The normalized spacial score (nSPS) is 12.7. The first kappa shape index (κ1) is 53.4. The van der Waals surface area contributed by atoms with Crippen molar-refractivity contribution < 1.29 is 38.6 Å². The number of nitrogens with two attached hydrogens (primary N) is 2. The summed E-state index contributed by atoms with van der Waals surface area (Å²) in [6, 6.07) is 20.7. The van der Waals surface area contributed by atoms with Gasteiger partial charge in [0, 0.05) is 51.4 Å². The second kappa shape index (κ2) is 28.8. The second-order valence-electron chi connectivity index (χ2n) is 16.5. The summed E-state index contributed by atoms with van der Waals surface area (Å²) in [5, 5.41) is 32.1. The number of rotatable bonds is 26. The Hall–Kier alpha value is -6.89. The highest BCUT2D eigenvalue weighted by Crippen LogP contribution is 2.27. The van der Waals surface area contributed by atoms with Gasteiger partial charge in [-0.1, -0.05) is 61.5 Å². The lowest BCUT2D eigenvalue weighted by Gasteiger charge is -2.23. The van der Waals surface area contributed by atoms with Crippen molar-refractivity contribution in [2.45, 2.75) is 103 Å². The van der Waals surface area contributed by atoms with Crippen LogP contribution in [0.1, 0.15) is 95.2 Å². The number of anilines is 1. The van der Waals surface area contributed by atoms with Crippen LogP contribution in [0.25, 0.3) is 0 Å². The first-order valence-electron chi connectivity index (χ1n) is 22.4. The van der Waals surface area contributed by atoms with E-state index in [1.54, 1.807) is 39.8 Å². The fourth-order valence-electron chi connectivity index (χ4n) is 6.45. The standard InChI is InChI=1S/C47H69N11O8/c1-5-39(60)51-29-30-54-45(64)58-44(49)53-26-11-16-37(42(62)55-31-32-17-23-36(59)24-18-32)56-43(63)40(33-13-7-6-8-14-33)34-19-21-35(22-20-34)50-27-12-28-52-41(61)38(15-9-10-25-48)57-46(65)66-47(2,3)4/h6-8,13-14,17-24,37-38,40,50,59H,5,9-12,15-16,25-31,48H2,1-4H3,(H,51,60)(H,52,61)(H,55,62)(H,56,63)(H,57,65)(H4,49,53,54,58,64)/t37-,38-,40?/m1/s1. The predicted octanol–water partition coefficient (Wildman–Crippen LogP) is 3.19. The molecule has 3 aromatic rings. The van der Waals surface area contributed by atoms with Crippen molar-refractivity contribution in [1.82, 2.24) is 37.2 Å². The molecule has 3 aromatic carbocycles. The molecule has 1 unspecified atom stereocenters. The van der Waals surface area contributed by atoms with Crippen LogP contribution < -0.4 is 54.0 Å². The Morgan fingerprint density at radius 3 is 2.00 bits per heavy atom. The number of alkyl carbamates (subject to hydrolysis) is 1. The van der Waals surface area contributed by atoms with Crippen molar-refractivity contribution in [3.8, 4) is 5.75 Å². The number of benzene rings is 3. The molecule has 0 radical (unpaired) electrons. The first-order valence-corrected chi connectivity index (χ1v) is 22.4. The molecule has 0 aromatic heterocycles. The van der Waals surface area contributed by atoms with Crippen molar-refractivity contribution >= 4 is 47.4 Å². The van der Waals surface area contributed by atoms with Crippen molar-refractivity contribution in [1.29, 1.82) is 0 Å². The van der Waals surface area contributed by atoms with E-state index in [0.29, 0.717) is 62.9 Å². The van der Waals surface area contributed by atoms with E-state index in [2.05, 4.69) is 47.5 Å². The summed E-state index contributed by atoms with van der Waals surface area (Å²) in [5.41, 5.74) is 13.8. The maximum atomic E-state index is 14.3. The number of hydrogen-bond donors (Lipinski definition) is 11. The molecule has 0 aliphatic rings. The molecule has 0 spiro atoms. The third kappa shape index (κ3) is 21.2. The van der Waals surface area contributed by atoms with Gasteiger partial charge in [0.25, 0.3) is 0 Å². The summed E-state index contributed by atoms with van der Waals surface area (Å²) >= 11 is 0. The molecule has 19 nitrogen and oxygen atoms in total. The molecule has 360 valence electrons. The molecule has 66 heavy (non-hydrogen) atoms. The van der Waals surface area contributed by atoms with Gasteiger partial charge in [-0.2, -0.15) is 0 Å². The van der Waals surface area contributed by atoms with Crippen LogP contribution in [-0.2, 0) is 30.5 Å². The average molecular weight is 916 g/mol. The highest BCUT2D eigenvalue weighted by atomic mass is 16.6. The molecule has 0 aliphatic carbocycles. The molecule has 0 saturated carbocycles. The zero-order chi connectivity index (χ0) is 48.3. The first-order chi connectivity index (χ1) is 31.6. The molecule has 3 atom stereocenters. The van der Waals surface area contributed by atoms with Gasteiger partial charge in [-0.05, 0) is 107 Å². The van der Waals surface area contributed by atoms with Crippen LogP contribution in [-0.4, -0.2) is 104 Å². The number of ether oxygens (including phenoxy) is 1. The Bertz CT molecular complexity index is 2010. The van der Waals surface area contributed by atoms with Crippen LogP contribution in [0.15, 0.2) is 83.9 Å². The van der Waals surface area contributed by atoms with E-state index in [1.165, 1.54) is 12.1 Å². The smallest absolute Gasteiger partial charge is 0.408 e. The van der Waals surface area contributed by atoms with Gasteiger partial charge in [-0.25, -0.2) is 9.59 Å². The van der Waals surface area contributed by atoms with E-state index in [-0.39, 0.29) is 56.1 Å². The number of nitrogens with one attached hydrogen (secondary N) is 8. The third-order valence-corrected chi connectivity index (χ3v) is 9.84. The van der Waals surface area contributed by atoms with Gasteiger partial charge in [-0.15, -0.1) is 0 Å². The van der Waals surface area contributed by atoms with Gasteiger partial charge >= 0.3 is 12.1 Å². The summed E-state index contributed by atoms with van der Waals surface area (Å²) in [6.07, 6.45) is 2.60. The number of amides is 7. The van der Waals surface area contributed by atoms with Crippen LogP contribution in [0, 0.1) is 0 Å². The molecule has 0 bridgehead atoms. The lowest BCUT2D eigenvalue weighted by Crippen LogP contribution is -2.48. The minimum Gasteiger partial charge on any atom is -0.508 e. The molecule has 0 saturated heterocycles. The van der Waals surface area contributed by atoms with E-state index >= 15 is 0 Å². The van der Waals surface area contributed by atoms with Gasteiger partial charge in [0.15, 0.2) is 5.96 Å². The van der Waals surface area contributed by atoms with Crippen molar-refractivity contribution in [3.63, 3.8) is 0 Å². The van der Waals surface area contributed by atoms with Crippen molar-refractivity contribution in [2.24, 2.45) is 16.5 Å². The number of hydrogen-bond acceptors (Lipinski definition) is 11. The highest BCUT2D eigenvalue weighted by Gasteiger charge is 2.28. The molecule has 0 aliphatic heterocycles. The van der Waals surface area contributed by atoms with Crippen LogP contribution in [0.5, 0.6) is 5.75 Å². The number of aliphatic imine (C=N–C) groups is 1. The van der Waals surface area contributed by atoms with Gasteiger partial charge in [-0.3, -0.25) is 29.5 Å². The van der Waals surface area contributed by atoms with Crippen LogP contribution in [0.4, 0.5) is 15.3 Å². The fraction of sp³-hybridized carbons (Fsp3) is 0.468. The van der Waals surface area contributed by atoms with E-state index in [1.807, 2.05) is 54.6 Å². The van der Waals surface area contributed by atoms with Crippen LogP contribution in [0.3, 0.4) is 0 Å². The minimum absolute atomic E-state index is 0.0922. The van der Waals surface area contributed by atoms with Gasteiger partial charge < -0.3 is 58.5 Å². The summed E-state index contributed by atoms with van der Waals surface area (Å²) in [4.78, 5) is 81.2. The molecule has 7 amide bonds. The maximum Gasteiger partial charge on any atom is 0.408 e. The predicted molar refractivity (Wildman–Crippen MR) is 254 cm³/mol. The summed E-state index contributed by atoms with van der Waals surface area (Å²) in [7, 11) is 0. The number of nitrogens with zero attached hydrogens (tertiary/aromatic N) is 1.